The Labute approximate surface area is 110 Å². The highest BCUT2D eigenvalue weighted by Crippen LogP contribution is 2.28. The Morgan fingerprint density at radius 2 is 2.00 bits per heavy atom. The van der Waals surface area contributed by atoms with Gasteiger partial charge < -0.3 is 5.32 Å². The third kappa shape index (κ3) is 3.06. The number of nitrogens with one attached hydrogen (secondary N) is 1. The maximum Gasteiger partial charge on any atom is 0.435 e. The minimum atomic E-state index is -4.52. The number of anilines is 1. The Hall–Kier alpha value is -2.13. The van der Waals surface area contributed by atoms with Crippen molar-refractivity contribution in [1.82, 2.24) is 19.6 Å². The Morgan fingerprint density at radius 1 is 1.30 bits per heavy atom. The van der Waals surface area contributed by atoms with Gasteiger partial charge in [-0.1, -0.05) is 0 Å². The Balaban J connectivity index is 2.05. The van der Waals surface area contributed by atoms with Gasteiger partial charge >= 0.3 is 12.7 Å². The molecule has 2 rings (SSSR count). The Morgan fingerprint density at radius 3 is 2.50 bits per heavy atom. The van der Waals surface area contributed by atoms with E-state index in [9.17, 15) is 22.0 Å². The lowest BCUT2D eigenvalue weighted by atomic mass is 10.3. The van der Waals surface area contributed by atoms with Crippen molar-refractivity contribution >= 4 is 5.82 Å². The number of halogens is 5. The third-order valence-corrected chi connectivity index (χ3v) is 2.53. The van der Waals surface area contributed by atoms with Gasteiger partial charge in [0.1, 0.15) is 5.82 Å². The van der Waals surface area contributed by atoms with E-state index in [0.29, 0.717) is 4.68 Å². The van der Waals surface area contributed by atoms with Crippen LogP contribution in [-0.4, -0.2) is 19.6 Å². The minimum Gasteiger partial charge on any atom is -0.363 e. The predicted octanol–water partition coefficient (Wildman–Crippen LogP) is 2.64. The summed E-state index contributed by atoms with van der Waals surface area (Å²) in [6.45, 7) is -2.78. The third-order valence-electron chi connectivity index (χ3n) is 2.53. The molecule has 110 valence electrons. The van der Waals surface area contributed by atoms with E-state index < -0.39 is 18.4 Å². The van der Waals surface area contributed by atoms with Crippen molar-refractivity contribution in [3.8, 4) is 0 Å². The second-order valence-corrected chi connectivity index (χ2v) is 3.95. The van der Waals surface area contributed by atoms with Crippen molar-refractivity contribution in [2.24, 2.45) is 7.05 Å². The molecular formula is C10H10F5N5. The molecule has 0 bridgehead atoms. The van der Waals surface area contributed by atoms with Crippen molar-refractivity contribution < 1.29 is 22.0 Å². The molecule has 2 heterocycles. The molecule has 0 fully saturated rings. The maximum atomic E-state index is 12.4. The molecule has 1 N–H and O–H groups in total. The van der Waals surface area contributed by atoms with Gasteiger partial charge in [0.25, 0.3) is 0 Å². The van der Waals surface area contributed by atoms with Crippen LogP contribution in [0.25, 0.3) is 0 Å². The normalized spacial score (nSPS) is 12.2. The number of alkyl halides is 5. The molecule has 0 aliphatic carbocycles. The van der Waals surface area contributed by atoms with Crippen LogP contribution in [0.15, 0.2) is 18.3 Å². The first-order valence-corrected chi connectivity index (χ1v) is 5.44. The first-order chi connectivity index (χ1) is 9.27. The van der Waals surface area contributed by atoms with E-state index in [4.69, 9.17) is 0 Å². The molecule has 10 heteroatoms. The van der Waals surface area contributed by atoms with Crippen LogP contribution in [0.5, 0.6) is 0 Å². The van der Waals surface area contributed by atoms with E-state index in [1.54, 1.807) is 0 Å². The zero-order valence-corrected chi connectivity index (χ0v) is 10.2. The van der Waals surface area contributed by atoms with E-state index in [1.165, 1.54) is 13.1 Å². The summed E-state index contributed by atoms with van der Waals surface area (Å²) >= 11 is 0. The highest BCUT2D eigenvalue weighted by Gasteiger charge is 2.34. The molecule has 0 aliphatic heterocycles. The van der Waals surface area contributed by atoms with Gasteiger partial charge in [0.2, 0.25) is 0 Å². The summed E-state index contributed by atoms with van der Waals surface area (Å²) in [5.74, 6) is 0.139. The molecule has 0 spiro atoms. The van der Waals surface area contributed by atoms with E-state index in [2.05, 4.69) is 15.5 Å². The zero-order valence-electron chi connectivity index (χ0n) is 10.2. The smallest absolute Gasteiger partial charge is 0.363 e. The van der Waals surface area contributed by atoms with E-state index in [0.717, 1.165) is 16.9 Å². The van der Waals surface area contributed by atoms with Crippen molar-refractivity contribution in [3.05, 3.63) is 29.7 Å². The highest BCUT2D eigenvalue weighted by molar-refractivity contribution is 5.33. The number of rotatable bonds is 4. The van der Waals surface area contributed by atoms with Crippen LogP contribution < -0.4 is 5.32 Å². The van der Waals surface area contributed by atoms with Gasteiger partial charge in [0, 0.05) is 19.3 Å². The molecule has 0 aliphatic rings. The maximum absolute atomic E-state index is 12.4. The van der Waals surface area contributed by atoms with Crippen LogP contribution in [-0.2, 0) is 19.8 Å². The number of nitrogens with zero attached hydrogens (tertiary/aromatic N) is 4. The lowest BCUT2D eigenvalue weighted by molar-refractivity contribution is -0.141. The molecule has 5 nitrogen and oxygen atoms in total. The summed E-state index contributed by atoms with van der Waals surface area (Å²) < 4.78 is 63.4. The zero-order chi connectivity index (χ0) is 14.9. The number of aryl methyl sites for hydroxylation is 1. The van der Waals surface area contributed by atoms with Crippen molar-refractivity contribution in [1.29, 1.82) is 0 Å². The molecule has 0 unspecified atom stereocenters. The molecule has 2 aromatic heterocycles. The van der Waals surface area contributed by atoms with Crippen LogP contribution in [0.4, 0.5) is 27.8 Å². The van der Waals surface area contributed by atoms with Crippen LogP contribution in [0, 0.1) is 0 Å². The number of hydrogen-bond donors (Lipinski definition) is 1. The molecule has 0 aromatic carbocycles. The molecule has 0 saturated carbocycles. The van der Waals surface area contributed by atoms with Gasteiger partial charge in [-0.25, -0.2) is 4.68 Å². The monoisotopic (exact) mass is 295 g/mol. The minimum absolute atomic E-state index is 0.0141. The summed E-state index contributed by atoms with van der Waals surface area (Å²) in [4.78, 5) is 0. The average Bonchev–Trinajstić information content (AvgIpc) is 2.92. The van der Waals surface area contributed by atoms with Crippen LogP contribution in [0.3, 0.4) is 0 Å². The largest absolute Gasteiger partial charge is 0.435 e. The van der Waals surface area contributed by atoms with Gasteiger partial charge in [-0.2, -0.15) is 32.1 Å². The van der Waals surface area contributed by atoms with Crippen molar-refractivity contribution in [2.75, 3.05) is 5.32 Å². The summed E-state index contributed by atoms with van der Waals surface area (Å²) in [6.07, 6.45) is -3.45. The first-order valence-electron chi connectivity index (χ1n) is 5.44. The Bertz CT molecular complexity index is 585. The standard InChI is InChI=1S/C10H10F5N5/c1-19-6(4-7(17-19)10(13,14)15)5-16-8-2-3-20(18-8)9(11)12/h2-4,9H,5H2,1H3,(H,16,18). The second kappa shape index (κ2) is 5.10. The van der Waals surface area contributed by atoms with E-state index >= 15 is 0 Å². The van der Waals surface area contributed by atoms with Crippen molar-refractivity contribution in [2.45, 2.75) is 19.3 Å². The lowest BCUT2D eigenvalue weighted by Crippen LogP contribution is -2.07. The van der Waals surface area contributed by atoms with E-state index in [-0.39, 0.29) is 18.1 Å². The van der Waals surface area contributed by atoms with Gasteiger partial charge in [-0.3, -0.25) is 4.68 Å². The summed E-state index contributed by atoms with van der Waals surface area (Å²) in [6, 6.07) is 2.18. The number of hydrogen-bond acceptors (Lipinski definition) is 3. The van der Waals surface area contributed by atoms with Gasteiger partial charge in [0.15, 0.2) is 5.69 Å². The van der Waals surface area contributed by atoms with Gasteiger partial charge in [-0.05, 0) is 6.07 Å². The summed E-state index contributed by atoms with van der Waals surface area (Å²) in [5.41, 5.74) is -0.751. The first kappa shape index (κ1) is 14.3. The molecule has 0 atom stereocenters. The van der Waals surface area contributed by atoms with Crippen LogP contribution in [0.1, 0.15) is 17.9 Å². The predicted molar refractivity (Wildman–Crippen MR) is 59.0 cm³/mol. The van der Waals surface area contributed by atoms with Crippen LogP contribution in [0.2, 0.25) is 0 Å². The van der Waals surface area contributed by atoms with Crippen LogP contribution >= 0.6 is 0 Å². The summed E-state index contributed by atoms with van der Waals surface area (Å²) in [5, 5.41) is 9.50. The molecule has 20 heavy (non-hydrogen) atoms. The topological polar surface area (TPSA) is 47.7 Å². The highest BCUT2D eigenvalue weighted by atomic mass is 19.4. The lowest BCUT2D eigenvalue weighted by Gasteiger charge is -2.03. The molecule has 0 radical (unpaired) electrons. The fraction of sp³-hybridized carbons (Fsp3) is 0.400. The molecule has 0 amide bonds. The Kier molecular flexibility index (Phi) is 3.64. The molecule has 2 aromatic rings. The van der Waals surface area contributed by atoms with Crippen molar-refractivity contribution in [3.63, 3.8) is 0 Å². The quantitative estimate of drug-likeness (QED) is 0.882. The molecule has 0 saturated heterocycles. The molecular weight excluding hydrogens is 285 g/mol. The second-order valence-electron chi connectivity index (χ2n) is 3.95. The SMILES string of the molecule is Cn1nc(C(F)(F)F)cc1CNc1ccn(C(F)F)n1. The van der Waals surface area contributed by atoms with E-state index in [1.807, 2.05) is 0 Å². The van der Waals surface area contributed by atoms with Gasteiger partial charge in [0.05, 0.1) is 12.2 Å². The fourth-order valence-corrected chi connectivity index (χ4v) is 1.53. The van der Waals surface area contributed by atoms with Gasteiger partial charge in [-0.15, -0.1) is 0 Å². The average molecular weight is 295 g/mol. The fourth-order valence-electron chi connectivity index (χ4n) is 1.53. The number of aromatic nitrogens is 4. The summed E-state index contributed by atoms with van der Waals surface area (Å²) in [7, 11) is 1.37.